The van der Waals surface area contributed by atoms with Crippen molar-refractivity contribution < 1.29 is 8.42 Å². The first kappa shape index (κ1) is 12.5. The SMILES string of the molecule is Cc1ncc2c(c1CNS(C)(=O)=O)CCNC2. The first-order valence-corrected chi connectivity index (χ1v) is 7.48. The summed E-state index contributed by atoms with van der Waals surface area (Å²) in [5, 5.41) is 3.28. The molecule has 6 heteroatoms. The van der Waals surface area contributed by atoms with E-state index < -0.39 is 10.0 Å². The fraction of sp³-hybridized carbons (Fsp3) is 0.545. The van der Waals surface area contributed by atoms with E-state index in [1.165, 1.54) is 17.4 Å². The number of sulfonamides is 1. The highest BCUT2D eigenvalue weighted by molar-refractivity contribution is 7.88. The summed E-state index contributed by atoms with van der Waals surface area (Å²) in [4.78, 5) is 4.32. The van der Waals surface area contributed by atoms with Gasteiger partial charge in [-0.25, -0.2) is 13.1 Å². The molecule has 0 radical (unpaired) electrons. The van der Waals surface area contributed by atoms with Gasteiger partial charge in [0.15, 0.2) is 0 Å². The number of rotatable bonds is 3. The van der Waals surface area contributed by atoms with Gasteiger partial charge < -0.3 is 5.32 Å². The van der Waals surface area contributed by atoms with Crippen molar-refractivity contribution in [3.63, 3.8) is 0 Å². The van der Waals surface area contributed by atoms with Gasteiger partial charge >= 0.3 is 0 Å². The zero-order valence-corrected chi connectivity index (χ0v) is 10.9. The predicted octanol–water partition coefficient (Wildman–Crippen LogP) is 0.0849. The topological polar surface area (TPSA) is 71.1 Å². The largest absolute Gasteiger partial charge is 0.312 e. The molecule has 2 heterocycles. The van der Waals surface area contributed by atoms with Crippen LogP contribution in [0.2, 0.25) is 0 Å². The Morgan fingerprint density at radius 3 is 3.00 bits per heavy atom. The van der Waals surface area contributed by atoms with Gasteiger partial charge in [-0.3, -0.25) is 4.98 Å². The maximum absolute atomic E-state index is 11.1. The maximum Gasteiger partial charge on any atom is 0.209 e. The molecule has 1 aromatic heterocycles. The quantitative estimate of drug-likeness (QED) is 0.803. The van der Waals surface area contributed by atoms with Crippen LogP contribution >= 0.6 is 0 Å². The lowest BCUT2D eigenvalue weighted by Crippen LogP contribution is -2.28. The molecule has 0 aromatic carbocycles. The van der Waals surface area contributed by atoms with Crippen LogP contribution in [0.3, 0.4) is 0 Å². The van der Waals surface area contributed by atoms with Gasteiger partial charge in [0.2, 0.25) is 10.0 Å². The van der Waals surface area contributed by atoms with Gasteiger partial charge in [0, 0.05) is 25.0 Å². The number of aryl methyl sites for hydroxylation is 1. The van der Waals surface area contributed by atoms with Crippen molar-refractivity contribution in [2.24, 2.45) is 0 Å². The average Bonchev–Trinajstić information content (AvgIpc) is 2.26. The van der Waals surface area contributed by atoms with Crippen LogP contribution < -0.4 is 10.0 Å². The highest BCUT2D eigenvalue weighted by Gasteiger charge is 2.16. The van der Waals surface area contributed by atoms with E-state index in [2.05, 4.69) is 15.0 Å². The van der Waals surface area contributed by atoms with Crippen LogP contribution in [0.5, 0.6) is 0 Å². The first-order chi connectivity index (χ1) is 7.97. The number of aromatic nitrogens is 1. The molecule has 0 aliphatic carbocycles. The summed E-state index contributed by atoms with van der Waals surface area (Å²) in [5.74, 6) is 0. The number of nitrogens with one attached hydrogen (secondary N) is 2. The predicted molar refractivity (Wildman–Crippen MR) is 66.1 cm³/mol. The molecule has 17 heavy (non-hydrogen) atoms. The second kappa shape index (κ2) is 4.72. The highest BCUT2D eigenvalue weighted by Crippen LogP contribution is 2.20. The minimum absolute atomic E-state index is 0.334. The molecule has 0 atom stereocenters. The maximum atomic E-state index is 11.1. The molecular formula is C11H17N3O2S. The molecule has 0 bridgehead atoms. The molecule has 0 amide bonds. The lowest BCUT2D eigenvalue weighted by Gasteiger charge is -2.21. The van der Waals surface area contributed by atoms with Gasteiger partial charge in [-0.05, 0) is 36.6 Å². The lowest BCUT2D eigenvalue weighted by atomic mass is 9.96. The normalized spacial score (nSPS) is 15.6. The van der Waals surface area contributed by atoms with E-state index in [9.17, 15) is 8.42 Å². The van der Waals surface area contributed by atoms with Crippen molar-refractivity contribution in [2.45, 2.75) is 26.4 Å². The van der Waals surface area contributed by atoms with Crippen molar-refractivity contribution >= 4 is 10.0 Å². The van der Waals surface area contributed by atoms with Crippen molar-refractivity contribution in [2.75, 3.05) is 12.8 Å². The summed E-state index contributed by atoms with van der Waals surface area (Å²) in [6.45, 7) is 4.00. The Morgan fingerprint density at radius 1 is 1.53 bits per heavy atom. The van der Waals surface area contributed by atoms with Gasteiger partial charge in [-0.2, -0.15) is 0 Å². The lowest BCUT2D eigenvalue weighted by molar-refractivity contribution is 0.585. The number of fused-ring (bicyclic) bond motifs is 1. The van der Waals surface area contributed by atoms with Crippen LogP contribution in [0, 0.1) is 6.92 Å². The third kappa shape index (κ3) is 3.02. The number of hydrogen-bond donors (Lipinski definition) is 2. The smallest absolute Gasteiger partial charge is 0.209 e. The minimum atomic E-state index is -3.16. The minimum Gasteiger partial charge on any atom is -0.312 e. The Kier molecular flexibility index (Phi) is 3.46. The second-order valence-electron chi connectivity index (χ2n) is 4.35. The van der Waals surface area contributed by atoms with Crippen LogP contribution in [-0.4, -0.2) is 26.2 Å². The Balaban J connectivity index is 2.32. The monoisotopic (exact) mass is 255 g/mol. The zero-order chi connectivity index (χ0) is 12.5. The molecule has 5 nitrogen and oxygen atoms in total. The molecule has 1 aliphatic heterocycles. The van der Waals surface area contributed by atoms with Gasteiger partial charge in [0.25, 0.3) is 0 Å². The second-order valence-corrected chi connectivity index (χ2v) is 6.18. The summed E-state index contributed by atoms with van der Waals surface area (Å²) in [6, 6.07) is 0. The number of pyridine rings is 1. The van der Waals surface area contributed by atoms with E-state index in [1.807, 2.05) is 13.1 Å². The van der Waals surface area contributed by atoms with Crippen LogP contribution in [0.15, 0.2) is 6.20 Å². The summed E-state index contributed by atoms with van der Waals surface area (Å²) < 4.78 is 24.8. The van der Waals surface area contributed by atoms with Crippen molar-refractivity contribution in [3.8, 4) is 0 Å². The Morgan fingerprint density at radius 2 is 2.29 bits per heavy atom. The van der Waals surface area contributed by atoms with Crippen LogP contribution in [0.25, 0.3) is 0 Å². The summed E-state index contributed by atoms with van der Waals surface area (Å²) in [6.07, 6.45) is 3.98. The van der Waals surface area contributed by atoms with Gasteiger partial charge in [0.1, 0.15) is 0 Å². The molecule has 0 fully saturated rings. The Bertz CT molecular complexity index is 526. The van der Waals surface area contributed by atoms with Gasteiger partial charge in [-0.1, -0.05) is 0 Å². The molecule has 1 aliphatic rings. The van der Waals surface area contributed by atoms with E-state index in [4.69, 9.17) is 0 Å². The Hall–Kier alpha value is -0.980. The van der Waals surface area contributed by atoms with Gasteiger partial charge in [-0.15, -0.1) is 0 Å². The van der Waals surface area contributed by atoms with E-state index in [0.29, 0.717) is 6.54 Å². The van der Waals surface area contributed by atoms with E-state index in [0.717, 1.165) is 30.8 Å². The number of nitrogens with zero attached hydrogens (tertiary/aromatic N) is 1. The van der Waals surface area contributed by atoms with E-state index in [1.54, 1.807) is 0 Å². The highest BCUT2D eigenvalue weighted by atomic mass is 32.2. The molecular weight excluding hydrogens is 238 g/mol. The first-order valence-electron chi connectivity index (χ1n) is 5.59. The number of hydrogen-bond acceptors (Lipinski definition) is 4. The third-order valence-corrected chi connectivity index (χ3v) is 3.65. The summed E-state index contributed by atoms with van der Waals surface area (Å²) in [5.41, 5.74) is 4.34. The molecule has 2 N–H and O–H groups in total. The molecule has 0 unspecified atom stereocenters. The van der Waals surface area contributed by atoms with Crippen molar-refractivity contribution in [3.05, 3.63) is 28.6 Å². The fourth-order valence-electron chi connectivity index (χ4n) is 2.08. The molecule has 2 rings (SSSR count). The van der Waals surface area contributed by atoms with Crippen LogP contribution in [0.1, 0.15) is 22.4 Å². The van der Waals surface area contributed by atoms with Crippen molar-refractivity contribution in [1.82, 2.24) is 15.0 Å². The molecule has 94 valence electrons. The van der Waals surface area contributed by atoms with Crippen LogP contribution in [0.4, 0.5) is 0 Å². The van der Waals surface area contributed by atoms with Gasteiger partial charge in [0.05, 0.1) is 6.26 Å². The zero-order valence-electron chi connectivity index (χ0n) is 10.1. The third-order valence-electron chi connectivity index (χ3n) is 2.98. The van der Waals surface area contributed by atoms with Crippen molar-refractivity contribution in [1.29, 1.82) is 0 Å². The molecule has 0 saturated heterocycles. The summed E-state index contributed by atoms with van der Waals surface area (Å²) in [7, 11) is -3.16. The van der Waals surface area contributed by atoms with Crippen LogP contribution in [-0.2, 0) is 29.5 Å². The fourth-order valence-corrected chi connectivity index (χ4v) is 2.49. The Labute approximate surface area is 102 Å². The molecule has 0 saturated carbocycles. The summed E-state index contributed by atoms with van der Waals surface area (Å²) >= 11 is 0. The molecule has 0 spiro atoms. The molecule has 1 aromatic rings. The average molecular weight is 255 g/mol. The van der Waals surface area contributed by atoms with E-state index >= 15 is 0 Å². The standard InChI is InChI=1S/C11H17N3O2S/c1-8-11(7-14-17(2,15)16)10-3-4-12-5-9(10)6-13-8/h6,12,14H,3-5,7H2,1-2H3. The van der Waals surface area contributed by atoms with E-state index in [-0.39, 0.29) is 0 Å².